The highest BCUT2D eigenvalue weighted by atomic mass is 16.5. The fourth-order valence-corrected chi connectivity index (χ4v) is 5.20. The number of carboxylic acids is 1. The van der Waals surface area contributed by atoms with Crippen LogP contribution in [-0.2, 0) is 14.3 Å². The maximum Gasteiger partial charge on any atom is 0.407 e. The van der Waals surface area contributed by atoms with Gasteiger partial charge in [0, 0.05) is 24.8 Å². The van der Waals surface area contributed by atoms with Gasteiger partial charge in [-0.15, -0.1) is 12.3 Å². The van der Waals surface area contributed by atoms with Gasteiger partial charge in [-0.2, -0.15) is 0 Å². The van der Waals surface area contributed by atoms with Gasteiger partial charge >= 0.3 is 12.1 Å². The molecule has 2 aromatic carbocycles. The van der Waals surface area contributed by atoms with Crippen LogP contribution in [0.1, 0.15) is 49.1 Å². The van der Waals surface area contributed by atoms with Crippen LogP contribution in [0.4, 0.5) is 4.79 Å². The number of carbonyl (C=O) groups excluding carboxylic acids is 2. The molecule has 4 rings (SSSR count). The maximum absolute atomic E-state index is 12.6. The van der Waals surface area contributed by atoms with Crippen LogP contribution in [0.5, 0.6) is 0 Å². The summed E-state index contributed by atoms with van der Waals surface area (Å²) in [5.74, 6) is 0.682. The van der Waals surface area contributed by atoms with Crippen LogP contribution in [0.25, 0.3) is 11.1 Å². The van der Waals surface area contributed by atoms with Crippen molar-refractivity contribution >= 4 is 18.0 Å². The number of alkyl carbamates (subject to hydrolysis) is 1. The lowest BCUT2D eigenvalue weighted by Crippen LogP contribution is -2.45. The van der Waals surface area contributed by atoms with Gasteiger partial charge in [0.25, 0.3) is 0 Å². The standard InChI is InChI=1S/C28H30N2O5/c1-2-8-25(27(32)33)30-26(31)19-10-7-9-18(15-19)16-29-28(34)35-17-24-22-13-5-3-11-20(22)21-12-4-6-14-23(21)24/h1,3-6,11-14,18-19,24-25H,7-10,15-17H2,(H,29,34)(H,30,31)(H,32,33). The van der Waals surface area contributed by atoms with Crippen LogP contribution in [-0.4, -0.2) is 42.3 Å². The number of aliphatic carboxylic acids is 1. The van der Waals surface area contributed by atoms with Gasteiger partial charge in [0.15, 0.2) is 0 Å². The van der Waals surface area contributed by atoms with Crippen LogP contribution < -0.4 is 10.6 Å². The Morgan fingerprint density at radius 3 is 2.34 bits per heavy atom. The monoisotopic (exact) mass is 474 g/mol. The lowest BCUT2D eigenvalue weighted by molar-refractivity contribution is -0.142. The van der Waals surface area contributed by atoms with E-state index in [9.17, 15) is 19.5 Å². The van der Waals surface area contributed by atoms with Gasteiger partial charge in [0.05, 0.1) is 0 Å². The van der Waals surface area contributed by atoms with E-state index in [0.29, 0.717) is 19.4 Å². The Bertz CT molecular complexity index is 1090. The minimum atomic E-state index is -1.14. The number of ether oxygens (including phenoxy) is 1. The van der Waals surface area contributed by atoms with E-state index < -0.39 is 18.1 Å². The molecule has 3 atom stereocenters. The van der Waals surface area contributed by atoms with E-state index in [1.54, 1.807) is 0 Å². The summed E-state index contributed by atoms with van der Waals surface area (Å²) >= 11 is 0. The average molecular weight is 475 g/mol. The van der Waals surface area contributed by atoms with Crippen molar-refractivity contribution in [2.45, 2.75) is 44.1 Å². The molecule has 0 aromatic heterocycles. The number of rotatable bonds is 8. The number of carbonyl (C=O) groups is 3. The molecule has 0 saturated heterocycles. The second-order valence-corrected chi connectivity index (χ2v) is 9.24. The number of nitrogens with one attached hydrogen (secondary N) is 2. The Kier molecular flexibility index (Phi) is 7.71. The van der Waals surface area contributed by atoms with E-state index >= 15 is 0 Å². The number of amides is 2. The van der Waals surface area contributed by atoms with Crippen LogP contribution in [0.15, 0.2) is 48.5 Å². The SMILES string of the molecule is C#CCC(NC(=O)C1CCCC(CNC(=O)OCC2c3ccccc3-c3ccccc32)C1)C(=O)O. The number of benzene rings is 2. The molecule has 0 heterocycles. The summed E-state index contributed by atoms with van der Waals surface area (Å²) in [5, 5.41) is 14.6. The van der Waals surface area contributed by atoms with Gasteiger partial charge in [0.1, 0.15) is 12.6 Å². The fourth-order valence-electron chi connectivity index (χ4n) is 5.20. The zero-order valence-corrected chi connectivity index (χ0v) is 19.5. The largest absolute Gasteiger partial charge is 0.480 e. The molecule has 1 saturated carbocycles. The third kappa shape index (κ3) is 5.65. The van der Waals surface area contributed by atoms with Crippen LogP contribution in [0.3, 0.4) is 0 Å². The summed E-state index contributed by atoms with van der Waals surface area (Å²) < 4.78 is 5.60. The summed E-state index contributed by atoms with van der Waals surface area (Å²) in [6, 6.07) is 15.3. The molecule has 35 heavy (non-hydrogen) atoms. The number of carboxylic acid groups (broad SMARTS) is 1. The minimum absolute atomic E-state index is 0.00102. The second kappa shape index (κ2) is 11.1. The summed E-state index contributed by atoms with van der Waals surface area (Å²) in [6.45, 7) is 0.661. The number of hydrogen-bond donors (Lipinski definition) is 3. The molecular formula is C28H30N2O5. The zero-order valence-electron chi connectivity index (χ0n) is 19.5. The normalized spacial score (nSPS) is 19.5. The molecular weight excluding hydrogens is 444 g/mol. The highest BCUT2D eigenvalue weighted by Crippen LogP contribution is 2.44. The van der Waals surface area contributed by atoms with E-state index in [4.69, 9.17) is 11.2 Å². The van der Waals surface area contributed by atoms with Gasteiger partial charge in [-0.3, -0.25) is 4.79 Å². The molecule has 0 bridgehead atoms. The van der Waals surface area contributed by atoms with Crippen molar-refractivity contribution in [2.75, 3.05) is 13.2 Å². The van der Waals surface area contributed by atoms with Crippen LogP contribution in [0, 0.1) is 24.2 Å². The maximum atomic E-state index is 12.6. The van der Waals surface area contributed by atoms with E-state index in [1.165, 1.54) is 11.1 Å². The Labute approximate surface area is 205 Å². The molecule has 2 aromatic rings. The molecule has 7 heteroatoms. The molecule has 182 valence electrons. The van der Waals surface area contributed by atoms with Crippen molar-refractivity contribution in [1.82, 2.24) is 10.6 Å². The quantitative estimate of drug-likeness (QED) is 0.503. The van der Waals surface area contributed by atoms with Gasteiger partial charge in [0.2, 0.25) is 5.91 Å². The lowest BCUT2D eigenvalue weighted by Gasteiger charge is -2.29. The van der Waals surface area contributed by atoms with Gasteiger partial charge in [-0.05, 0) is 47.4 Å². The summed E-state index contributed by atoms with van der Waals surface area (Å²) in [5.41, 5.74) is 4.67. The molecule has 0 aliphatic heterocycles. The van der Waals surface area contributed by atoms with E-state index in [-0.39, 0.29) is 36.7 Å². The first-order valence-electron chi connectivity index (χ1n) is 12.0. The van der Waals surface area contributed by atoms with Crippen molar-refractivity contribution in [3.8, 4) is 23.5 Å². The molecule has 3 unspecified atom stereocenters. The third-order valence-corrected chi connectivity index (χ3v) is 6.97. The molecule has 2 amide bonds. The molecule has 3 N–H and O–H groups in total. The lowest BCUT2D eigenvalue weighted by atomic mass is 9.81. The molecule has 2 aliphatic rings. The first-order chi connectivity index (χ1) is 17.0. The minimum Gasteiger partial charge on any atom is -0.480 e. The van der Waals surface area contributed by atoms with E-state index in [2.05, 4.69) is 40.8 Å². The van der Waals surface area contributed by atoms with Crippen LogP contribution >= 0.6 is 0 Å². The Morgan fingerprint density at radius 2 is 1.71 bits per heavy atom. The average Bonchev–Trinajstić information content (AvgIpc) is 3.19. The fraction of sp³-hybridized carbons (Fsp3) is 0.393. The Balaban J connectivity index is 1.27. The van der Waals surface area contributed by atoms with Crippen molar-refractivity contribution in [3.63, 3.8) is 0 Å². The summed E-state index contributed by atoms with van der Waals surface area (Å²) in [6.07, 6.45) is 7.67. The topological polar surface area (TPSA) is 105 Å². The van der Waals surface area contributed by atoms with Gasteiger partial charge in [-0.1, -0.05) is 55.0 Å². The van der Waals surface area contributed by atoms with Gasteiger partial charge < -0.3 is 20.5 Å². The van der Waals surface area contributed by atoms with Crippen molar-refractivity contribution in [2.24, 2.45) is 11.8 Å². The summed E-state index contributed by atoms with van der Waals surface area (Å²) in [4.78, 5) is 36.3. The number of fused-ring (bicyclic) bond motifs is 3. The predicted molar refractivity (Wildman–Crippen MR) is 132 cm³/mol. The Morgan fingerprint density at radius 1 is 1.06 bits per heavy atom. The molecule has 0 radical (unpaired) electrons. The predicted octanol–water partition coefficient (Wildman–Crippen LogP) is 3.92. The van der Waals surface area contributed by atoms with E-state index in [0.717, 1.165) is 24.0 Å². The molecule has 2 aliphatic carbocycles. The van der Waals surface area contributed by atoms with Crippen molar-refractivity contribution < 1.29 is 24.2 Å². The highest BCUT2D eigenvalue weighted by molar-refractivity contribution is 5.85. The third-order valence-electron chi connectivity index (χ3n) is 6.97. The van der Waals surface area contributed by atoms with Crippen molar-refractivity contribution in [1.29, 1.82) is 0 Å². The highest BCUT2D eigenvalue weighted by Gasteiger charge is 2.31. The summed E-state index contributed by atoms with van der Waals surface area (Å²) in [7, 11) is 0. The smallest absolute Gasteiger partial charge is 0.407 e. The molecule has 0 spiro atoms. The van der Waals surface area contributed by atoms with Gasteiger partial charge in [-0.25, -0.2) is 9.59 Å². The van der Waals surface area contributed by atoms with Crippen LogP contribution in [0.2, 0.25) is 0 Å². The second-order valence-electron chi connectivity index (χ2n) is 9.24. The number of terminal acetylenes is 1. The first-order valence-corrected chi connectivity index (χ1v) is 12.0. The number of hydrogen-bond acceptors (Lipinski definition) is 4. The zero-order chi connectivity index (χ0) is 24.8. The van der Waals surface area contributed by atoms with E-state index in [1.807, 2.05) is 24.3 Å². The molecule has 1 fully saturated rings. The first kappa shape index (κ1) is 24.3. The Hall–Kier alpha value is -3.79. The molecule has 7 nitrogen and oxygen atoms in total. The van der Waals surface area contributed by atoms with Crippen molar-refractivity contribution in [3.05, 3.63) is 59.7 Å².